The second-order valence-electron chi connectivity index (χ2n) is 5.49. The van der Waals surface area contributed by atoms with Gasteiger partial charge in [0.1, 0.15) is 0 Å². The lowest BCUT2D eigenvalue weighted by molar-refractivity contribution is 0.102. The fourth-order valence-electron chi connectivity index (χ4n) is 2.33. The normalized spacial score (nSPS) is 10.2. The summed E-state index contributed by atoms with van der Waals surface area (Å²) in [6, 6.07) is 20.9. The molecular weight excluding hydrogens is 300 g/mol. The minimum absolute atomic E-state index is 0.276. The van der Waals surface area contributed by atoms with Gasteiger partial charge in [0.2, 0.25) is 0 Å². The molecule has 0 spiro atoms. The zero-order valence-electron chi connectivity index (χ0n) is 13.6. The summed E-state index contributed by atoms with van der Waals surface area (Å²) in [5.41, 5.74) is 3.11. The number of anilines is 3. The van der Waals surface area contributed by atoms with E-state index in [2.05, 4.69) is 15.5 Å². The van der Waals surface area contributed by atoms with Crippen molar-refractivity contribution in [2.45, 2.75) is 6.92 Å². The van der Waals surface area contributed by atoms with Crippen LogP contribution in [0.25, 0.3) is 0 Å². The van der Waals surface area contributed by atoms with Crippen LogP contribution in [0.2, 0.25) is 0 Å². The zero-order valence-corrected chi connectivity index (χ0v) is 13.6. The summed E-state index contributed by atoms with van der Waals surface area (Å²) in [4.78, 5) is 14.2. The number of aromatic nitrogens is 2. The van der Waals surface area contributed by atoms with Crippen LogP contribution in [0.3, 0.4) is 0 Å². The molecule has 0 fully saturated rings. The predicted octanol–water partition coefficient (Wildman–Crippen LogP) is 3.81. The second-order valence-corrected chi connectivity index (χ2v) is 5.49. The van der Waals surface area contributed by atoms with E-state index in [9.17, 15) is 4.79 Å². The molecule has 0 unspecified atom stereocenters. The highest BCUT2D eigenvalue weighted by Gasteiger charge is 2.11. The van der Waals surface area contributed by atoms with Gasteiger partial charge in [0.15, 0.2) is 11.5 Å². The Labute approximate surface area is 141 Å². The van der Waals surface area contributed by atoms with Gasteiger partial charge >= 0.3 is 0 Å². The van der Waals surface area contributed by atoms with Crippen LogP contribution in [0.4, 0.5) is 17.2 Å². The monoisotopic (exact) mass is 318 g/mol. The molecule has 0 aliphatic rings. The molecule has 0 saturated heterocycles. The molecule has 120 valence electrons. The van der Waals surface area contributed by atoms with Gasteiger partial charge in [-0.3, -0.25) is 4.79 Å². The summed E-state index contributed by atoms with van der Waals surface area (Å²) in [6.45, 7) is 1.98. The van der Waals surface area contributed by atoms with Crippen molar-refractivity contribution in [3.8, 4) is 0 Å². The molecule has 24 heavy (non-hydrogen) atoms. The fourth-order valence-corrected chi connectivity index (χ4v) is 2.33. The molecule has 1 aromatic heterocycles. The number of hydrogen-bond donors (Lipinski definition) is 1. The van der Waals surface area contributed by atoms with E-state index >= 15 is 0 Å². The molecular formula is C19H18N4O. The van der Waals surface area contributed by atoms with Crippen LogP contribution in [0.5, 0.6) is 0 Å². The van der Waals surface area contributed by atoms with Crippen molar-refractivity contribution in [3.63, 3.8) is 0 Å². The van der Waals surface area contributed by atoms with Crippen molar-refractivity contribution in [2.75, 3.05) is 17.3 Å². The molecule has 1 amide bonds. The molecule has 0 atom stereocenters. The number of nitrogens with one attached hydrogen (secondary N) is 1. The number of hydrogen-bond acceptors (Lipinski definition) is 4. The van der Waals surface area contributed by atoms with E-state index in [4.69, 9.17) is 0 Å². The van der Waals surface area contributed by atoms with Crippen LogP contribution in [-0.2, 0) is 0 Å². The lowest BCUT2D eigenvalue weighted by Crippen LogP contribution is -2.16. The van der Waals surface area contributed by atoms with Gasteiger partial charge in [-0.1, -0.05) is 30.3 Å². The zero-order chi connectivity index (χ0) is 16.9. The summed E-state index contributed by atoms with van der Waals surface area (Å²) >= 11 is 0. The molecule has 2 aromatic carbocycles. The highest BCUT2D eigenvalue weighted by molar-refractivity contribution is 6.02. The SMILES string of the molecule is Cc1cccc(NC(=O)c2ccc(N(C)c3ccccc3)nn2)c1. The molecule has 0 saturated carbocycles. The average Bonchev–Trinajstić information content (AvgIpc) is 2.62. The van der Waals surface area contributed by atoms with E-state index in [0.29, 0.717) is 5.82 Å². The van der Waals surface area contributed by atoms with Crippen LogP contribution in [0, 0.1) is 6.92 Å². The van der Waals surface area contributed by atoms with Gasteiger partial charge in [-0.05, 0) is 48.9 Å². The lowest BCUT2D eigenvalue weighted by atomic mass is 10.2. The maximum absolute atomic E-state index is 12.2. The van der Waals surface area contributed by atoms with E-state index in [1.54, 1.807) is 12.1 Å². The molecule has 1 N–H and O–H groups in total. The lowest BCUT2D eigenvalue weighted by Gasteiger charge is -2.17. The number of carbonyl (C=O) groups excluding carboxylic acids is 1. The molecule has 3 aromatic rings. The van der Waals surface area contributed by atoms with Crippen molar-refractivity contribution in [3.05, 3.63) is 78.0 Å². The van der Waals surface area contributed by atoms with Gasteiger partial charge in [0.25, 0.3) is 5.91 Å². The van der Waals surface area contributed by atoms with Gasteiger partial charge in [-0.25, -0.2) is 0 Å². The van der Waals surface area contributed by atoms with Crippen molar-refractivity contribution in [2.24, 2.45) is 0 Å². The maximum atomic E-state index is 12.2. The number of para-hydroxylation sites is 1. The summed E-state index contributed by atoms with van der Waals surface area (Å²) in [7, 11) is 1.91. The van der Waals surface area contributed by atoms with Crippen LogP contribution >= 0.6 is 0 Å². The van der Waals surface area contributed by atoms with Crippen molar-refractivity contribution < 1.29 is 4.79 Å². The van der Waals surface area contributed by atoms with Gasteiger partial charge in [0, 0.05) is 18.4 Å². The first-order valence-electron chi connectivity index (χ1n) is 7.64. The highest BCUT2D eigenvalue weighted by Crippen LogP contribution is 2.20. The van der Waals surface area contributed by atoms with Crippen LogP contribution < -0.4 is 10.2 Å². The van der Waals surface area contributed by atoms with E-state index in [-0.39, 0.29) is 11.6 Å². The molecule has 5 nitrogen and oxygen atoms in total. The van der Waals surface area contributed by atoms with Gasteiger partial charge in [-0.15, -0.1) is 10.2 Å². The largest absolute Gasteiger partial charge is 0.328 e. The molecule has 1 heterocycles. The van der Waals surface area contributed by atoms with E-state index in [0.717, 1.165) is 16.9 Å². The minimum atomic E-state index is -0.276. The Morgan fingerprint density at radius 1 is 0.958 bits per heavy atom. The highest BCUT2D eigenvalue weighted by atomic mass is 16.1. The standard InChI is InChI=1S/C19H18N4O/c1-14-7-6-8-15(13-14)20-19(24)17-11-12-18(22-21-17)23(2)16-9-4-3-5-10-16/h3-13H,1-2H3,(H,20,24). The third kappa shape index (κ3) is 3.57. The molecule has 0 radical (unpaired) electrons. The molecule has 3 rings (SSSR count). The first-order valence-corrected chi connectivity index (χ1v) is 7.64. The van der Waals surface area contributed by atoms with Gasteiger partial charge in [-0.2, -0.15) is 0 Å². The quantitative estimate of drug-likeness (QED) is 0.795. The molecule has 0 bridgehead atoms. The van der Waals surface area contributed by atoms with Crippen LogP contribution in [-0.4, -0.2) is 23.2 Å². The summed E-state index contributed by atoms with van der Waals surface area (Å²) < 4.78 is 0. The molecule has 0 aliphatic heterocycles. The minimum Gasteiger partial charge on any atom is -0.328 e. The first-order chi connectivity index (χ1) is 11.6. The van der Waals surface area contributed by atoms with Crippen molar-refractivity contribution >= 4 is 23.1 Å². The van der Waals surface area contributed by atoms with Gasteiger partial charge in [0.05, 0.1) is 0 Å². The number of nitrogens with zero attached hydrogens (tertiary/aromatic N) is 3. The number of benzene rings is 2. The Morgan fingerprint density at radius 3 is 2.42 bits per heavy atom. The van der Waals surface area contributed by atoms with E-state index < -0.39 is 0 Å². The summed E-state index contributed by atoms with van der Waals surface area (Å²) in [6.07, 6.45) is 0. The third-order valence-electron chi connectivity index (χ3n) is 3.65. The number of rotatable bonds is 4. The first kappa shape index (κ1) is 15.7. The topological polar surface area (TPSA) is 58.1 Å². The molecule has 0 aliphatic carbocycles. The van der Waals surface area contributed by atoms with Crippen LogP contribution in [0.15, 0.2) is 66.7 Å². The Kier molecular flexibility index (Phi) is 4.52. The molecule has 5 heteroatoms. The summed E-state index contributed by atoms with van der Waals surface area (Å²) in [5.74, 6) is 0.398. The number of carbonyl (C=O) groups is 1. The van der Waals surface area contributed by atoms with E-state index in [1.807, 2.05) is 73.5 Å². The average molecular weight is 318 g/mol. The third-order valence-corrected chi connectivity index (χ3v) is 3.65. The fraction of sp³-hybridized carbons (Fsp3) is 0.105. The Hall–Kier alpha value is -3.21. The van der Waals surface area contributed by atoms with Crippen LogP contribution in [0.1, 0.15) is 16.1 Å². The Balaban J connectivity index is 1.73. The second kappa shape index (κ2) is 6.91. The van der Waals surface area contributed by atoms with Gasteiger partial charge < -0.3 is 10.2 Å². The number of amides is 1. The van der Waals surface area contributed by atoms with Crippen molar-refractivity contribution in [1.82, 2.24) is 10.2 Å². The predicted molar refractivity (Wildman–Crippen MR) is 95.7 cm³/mol. The maximum Gasteiger partial charge on any atom is 0.276 e. The Bertz CT molecular complexity index is 832. The number of aryl methyl sites for hydroxylation is 1. The smallest absolute Gasteiger partial charge is 0.276 e. The summed E-state index contributed by atoms with van der Waals surface area (Å²) in [5, 5.41) is 11.0. The Morgan fingerprint density at radius 2 is 1.75 bits per heavy atom. The van der Waals surface area contributed by atoms with E-state index in [1.165, 1.54) is 0 Å². The van der Waals surface area contributed by atoms with Crippen molar-refractivity contribution in [1.29, 1.82) is 0 Å².